The number of amides is 4. The second-order valence-electron chi connectivity index (χ2n) is 27.1. The number of carboxylic acids is 2. The summed E-state index contributed by atoms with van der Waals surface area (Å²) < 4.78 is 75.4. The van der Waals surface area contributed by atoms with Crippen LogP contribution in [0.15, 0.2) is 75.7 Å². The van der Waals surface area contributed by atoms with E-state index >= 15 is 0 Å². The molecule has 6 rings (SSSR count). The predicted octanol–water partition coefficient (Wildman–Crippen LogP) is 6.62. The van der Waals surface area contributed by atoms with Gasteiger partial charge in [0.1, 0.15) is 30.0 Å². The Morgan fingerprint density at radius 2 is 1.50 bits per heavy atom. The van der Waals surface area contributed by atoms with Crippen molar-refractivity contribution < 1.29 is 124 Å². The molecular weight excluding hydrogens is 1590 g/mol. The molecule has 2 heterocycles. The predicted molar refractivity (Wildman–Crippen MR) is 422 cm³/mol. The van der Waals surface area contributed by atoms with Crippen LogP contribution in [-0.2, 0) is 96.9 Å². The summed E-state index contributed by atoms with van der Waals surface area (Å²) >= 11 is 0. The minimum atomic E-state index is -5.82. The van der Waals surface area contributed by atoms with Crippen molar-refractivity contribution in [2.24, 2.45) is 16.8 Å². The Labute approximate surface area is 669 Å². The van der Waals surface area contributed by atoms with Gasteiger partial charge in [0, 0.05) is 107 Å². The number of aliphatic hydroxyl groups is 1. The number of hydrogen-bond acceptors (Lipinski definition) is 26. The van der Waals surface area contributed by atoms with Gasteiger partial charge >= 0.3 is 41.1 Å². The SMILES string of the molecule is CCCc1cc2c(cc1C)C(c1ccccc1C(=O)N(C)CCCC(=O)NCCOCCOCCOCCOCCC(=O)NC(CCCSSCCC(=O)CCC#Cc1cn([C@H]3CC(O)[C@@H](COP(=O)(O)OP(=O)(O)OP(=O)(O)O)O3)c(=O)nc1N)C(=O)NC(CC(=O)O)C(=O)CC(CC)C(=O)O)C1C=C(C)C(=NCC)C=C1C2. The first-order valence-electron chi connectivity index (χ1n) is 37.4. The molecule has 0 radical (unpaired) electrons. The number of aromatic nitrogens is 2. The van der Waals surface area contributed by atoms with Gasteiger partial charge < -0.3 is 85.2 Å². The van der Waals surface area contributed by atoms with Crippen molar-refractivity contribution in [2.45, 2.75) is 167 Å². The van der Waals surface area contributed by atoms with Crippen LogP contribution in [0.5, 0.6) is 0 Å². The van der Waals surface area contributed by atoms with Crippen molar-refractivity contribution >= 4 is 104 Å². The van der Waals surface area contributed by atoms with Crippen LogP contribution in [0, 0.1) is 30.6 Å². The lowest BCUT2D eigenvalue weighted by atomic mass is 9.65. The highest BCUT2D eigenvalue weighted by Crippen LogP contribution is 2.66. The molecule has 0 spiro atoms. The highest BCUT2D eigenvalue weighted by Gasteiger charge is 2.44. The monoisotopic (exact) mass is 1690 g/mol. The smallest absolute Gasteiger partial charge is 0.481 e. The van der Waals surface area contributed by atoms with Crippen molar-refractivity contribution in [1.29, 1.82) is 0 Å². The molecule has 3 aromatic rings. The van der Waals surface area contributed by atoms with Gasteiger partial charge in [-0.15, -0.1) is 0 Å². The Bertz CT molecular complexity index is 4200. The average Bonchev–Trinajstić information content (AvgIpc) is 0.766. The number of aryl methyl sites for hydroxylation is 2. The van der Waals surface area contributed by atoms with E-state index in [0.717, 1.165) is 40.7 Å². The first kappa shape index (κ1) is 95.7. The summed E-state index contributed by atoms with van der Waals surface area (Å²) in [7, 11) is -12.5. The van der Waals surface area contributed by atoms with Gasteiger partial charge in [-0.1, -0.05) is 95.7 Å². The number of Topliss-reactive ketones (excluding diaryl/α,β-unsaturated/α-hetero) is 2. The lowest BCUT2D eigenvalue weighted by Crippen LogP contribution is -2.52. The van der Waals surface area contributed by atoms with Gasteiger partial charge in [0.2, 0.25) is 17.7 Å². The number of anilines is 1. The summed E-state index contributed by atoms with van der Waals surface area (Å²) in [6, 6.07) is 9.79. The number of ether oxygens (including phenoxy) is 5. The highest BCUT2D eigenvalue weighted by atomic mass is 33.1. The van der Waals surface area contributed by atoms with Crippen molar-refractivity contribution in [3.8, 4) is 11.8 Å². The number of benzene rings is 2. The zero-order valence-corrected chi connectivity index (χ0v) is 69.0. The first-order valence-corrected chi connectivity index (χ1v) is 44.4. The number of aliphatic hydroxyl groups excluding tert-OH is 1. The molecule has 35 nitrogen and oxygen atoms in total. The number of rotatable bonds is 52. The lowest BCUT2D eigenvalue weighted by molar-refractivity contribution is -0.144. The molecule has 10 atom stereocenters. The van der Waals surface area contributed by atoms with Crippen LogP contribution in [0.1, 0.15) is 167 Å². The molecule has 1 aliphatic heterocycles. The highest BCUT2D eigenvalue weighted by molar-refractivity contribution is 8.76. The summed E-state index contributed by atoms with van der Waals surface area (Å²) in [6.07, 6.45) is 3.92. The van der Waals surface area contributed by atoms with Gasteiger partial charge in [0.25, 0.3) is 5.91 Å². The molecule has 3 aliphatic rings. The van der Waals surface area contributed by atoms with Crippen LogP contribution < -0.4 is 27.4 Å². The molecule has 1 saturated heterocycles. The molecule has 2 aromatic carbocycles. The fourth-order valence-corrected chi connectivity index (χ4v) is 17.9. The van der Waals surface area contributed by atoms with Crippen molar-refractivity contribution in [3.05, 3.63) is 115 Å². The number of nitrogen functional groups attached to an aromatic ring is 1. The molecule has 630 valence electrons. The number of allylic oxidation sites excluding steroid dienone is 4. The third-order valence-electron chi connectivity index (χ3n) is 18.4. The molecule has 1 fully saturated rings. The van der Waals surface area contributed by atoms with E-state index in [9.17, 15) is 82.0 Å². The van der Waals surface area contributed by atoms with E-state index in [-0.39, 0.29) is 145 Å². The third-order valence-corrected chi connectivity index (χ3v) is 24.7. The maximum atomic E-state index is 14.3. The van der Waals surface area contributed by atoms with Crippen molar-refractivity contribution in [3.63, 3.8) is 0 Å². The van der Waals surface area contributed by atoms with E-state index in [0.29, 0.717) is 49.5 Å². The maximum Gasteiger partial charge on any atom is 0.490 e. The Balaban J connectivity index is 0.845. The Morgan fingerprint density at radius 3 is 2.17 bits per heavy atom. The number of nitrogens with zero attached hydrogens (tertiary/aromatic N) is 4. The third kappa shape index (κ3) is 32.4. The number of nitrogens with one attached hydrogen (secondary N) is 3. The molecule has 12 N–H and O–H groups in total. The summed E-state index contributed by atoms with van der Waals surface area (Å²) in [5, 5.41) is 37.6. The standard InChI is InChI=1S/C74H105N8O27P3S2/c1-7-16-50-39-52-40-53-41-60(76-9-3)48(5)38-58(53)69(57(52)37-47(50)4)55-19-12-13-20-56(55)72(91)81(6)26-14-22-65(86)77-25-28-103-30-32-105-34-33-104-31-29-102-27-23-66(87)78-59(71(90)79-61(43-68(88)89)62(84)42-49(8-2)73(92)93)21-15-35-113-114-36-24-54(83)18-11-10-17-51-45-82(74(94)80-70(51)75)67-44-63(85)64(107-67)46-106-111(98,99)109-112(100,101)108-110(95,96)97/h12-13,19-20,37-39,41,45,49,58-59,61,63-64,67,69,85H,7-9,11,14-16,18,21-36,40,42-44,46H2,1-6H3,(H,77,86)(H,78,87)(H,79,90)(H,88,89)(H,92,93)(H,98,99)(H,100,101)(H2,75,80,94)(H2,95,96,97)/t49?,58?,59?,61?,63?,64-,67-,69?/m1/s1. The van der Waals surface area contributed by atoms with Crippen LogP contribution in [0.4, 0.5) is 5.82 Å². The van der Waals surface area contributed by atoms with Crippen LogP contribution in [0.2, 0.25) is 0 Å². The number of hydrogen-bond donors (Lipinski definition) is 11. The van der Waals surface area contributed by atoms with E-state index < -0.39 is 115 Å². The lowest BCUT2D eigenvalue weighted by Gasteiger charge is -2.38. The Hall–Kier alpha value is -7.14. The van der Waals surface area contributed by atoms with Crippen LogP contribution in [0.3, 0.4) is 0 Å². The minimum absolute atomic E-state index is 0.0243. The number of carbonyl (C=O) groups excluding carboxylic acids is 6. The number of carbonyl (C=O) groups is 8. The average molecular weight is 1700 g/mol. The molecule has 2 aliphatic carbocycles. The number of carboxylic acid groups (broad SMARTS) is 2. The number of phosphoric ester groups is 1. The summed E-state index contributed by atoms with van der Waals surface area (Å²) in [4.78, 5) is 163. The number of nitrogens with two attached hydrogens (primary N) is 1. The Morgan fingerprint density at radius 1 is 0.816 bits per heavy atom. The van der Waals surface area contributed by atoms with Gasteiger partial charge in [0.05, 0.1) is 95.2 Å². The molecule has 114 heavy (non-hydrogen) atoms. The van der Waals surface area contributed by atoms with Gasteiger partial charge in [-0.05, 0) is 105 Å². The van der Waals surface area contributed by atoms with E-state index in [1.807, 2.05) is 25.1 Å². The minimum Gasteiger partial charge on any atom is -0.481 e. The van der Waals surface area contributed by atoms with E-state index in [2.05, 4.69) is 97.0 Å². The van der Waals surface area contributed by atoms with Crippen molar-refractivity contribution in [1.82, 2.24) is 30.4 Å². The molecule has 0 bridgehead atoms. The molecule has 0 saturated carbocycles. The second-order valence-corrected chi connectivity index (χ2v) is 34.2. The van der Waals surface area contributed by atoms with Gasteiger partial charge in [-0.3, -0.25) is 52.4 Å². The topological polar surface area (TPSA) is 516 Å². The maximum absolute atomic E-state index is 14.3. The van der Waals surface area contributed by atoms with Gasteiger partial charge in [-0.2, -0.15) is 13.6 Å². The zero-order valence-electron chi connectivity index (χ0n) is 64.6. The Kier molecular flexibility index (Phi) is 40.2. The number of aliphatic carboxylic acids is 2. The first-order chi connectivity index (χ1) is 54.1. The normalized spacial score (nSPS) is 18.8. The largest absolute Gasteiger partial charge is 0.490 e. The fraction of sp³-hybridized carbons (Fsp3) is 0.581. The second kappa shape index (κ2) is 47.9. The fourth-order valence-electron chi connectivity index (χ4n) is 12.7. The quantitative estimate of drug-likeness (QED) is 0.0122. The van der Waals surface area contributed by atoms with Crippen LogP contribution >= 0.6 is 45.1 Å². The zero-order chi connectivity index (χ0) is 83.7. The van der Waals surface area contributed by atoms with Gasteiger partial charge in [-0.25, -0.2) is 18.5 Å². The number of ketones is 2. The summed E-state index contributed by atoms with van der Waals surface area (Å²) in [6.45, 7) is 12.0. The summed E-state index contributed by atoms with van der Waals surface area (Å²) in [5.74, 6) is -0.468. The van der Waals surface area contributed by atoms with E-state index in [4.69, 9.17) is 44.2 Å². The number of phosphoric acid groups is 3. The molecule has 4 amide bonds. The summed E-state index contributed by atoms with van der Waals surface area (Å²) in [5.41, 5.74) is 15.2. The van der Waals surface area contributed by atoms with E-state index in [1.54, 1.807) is 18.9 Å². The van der Waals surface area contributed by atoms with Crippen molar-refractivity contribution in [2.75, 3.05) is 103 Å². The van der Waals surface area contributed by atoms with Crippen LogP contribution in [0.25, 0.3) is 0 Å². The van der Waals surface area contributed by atoms with Crippen LogP contribution in [-0.4, -0.2) is 224 Å². The molecule has 1 aromatic heterocycles. The molecule has 8 unspecified atom stereocenters. The number of aliphatic imine (C=N–C) groups is 1. The molecular formula is C74H105N8O27P3S2. The molecule has 40 heteroatoms. The van der Waals surface area contributed by atoms with Gasteiger partial charge in [0.15, 0.2) is 5.78 Å². The number of fused-ring (bicyclic) bond motifs is 2. The van der Waals surface area contributed by atoms with E-state index in [1.165, 1.54) is 55.6 Å².